The largest absolute Gasteiger partial charge is 0.396 e. The predicted octanol–water partition coefficient (Wildman–Crippen LogP) is 0.809. The molecule has 2 aliphatic heterocycles. The number of carbonyl (C=O) groups is 1. The Labute approximate surface area is 120 Å². The van der Waals surface area contributed by atoms with Crippen LogP contribution in [0.5, 0.6) is 0 Å². The smallest absolute Gasteiger partial charge is 0.137 e. The van der Waals surface area contributed by atoms with Crippen molar-refractivity contribution in [3.8, 4) is 0 Å². The van der Waals surface area contributed by atoms with Gasteiger partial charge in [-0.1, -0.05) is 0 Å². The highest BCUT2D eigenvalue weighted by atomic mass is 16.3. The topological polar surface area (TPSA) is 60.8 Å². The second-order valence-corrected chi connectivity index (χ2v) is 7.41. The van der Waals surface area contributed by atoms with Gasteiger partial charge in [-0.3, -0.25) is 9.69 Å². The fraction of sp³-hybridized carbons (Fsp3) is 0.938. The average molecular weight is 279 g/mol. The van der Waals surface area contributed by atoms with E-state index in [1.807, 2.05) is 0 Å². The first kappa shape index (κ1) is 13.2. The van der Waals surface area contributed by atoms with Gasteiger partial charge >= 0.3 is 0 Å². The molecule has 4 rings (SSSR count). The number of rotatable bonds is 1. The van der Waals surface area contributed by atoms with Crippen molar-refractivity contribution in [2.45, 2.75) is 50.7 Å². The lowest BCUT2D eigenvalue weighted by Crippen LogP contribution is -2.62. The molecule has 1 unspecified atom stereocenters. The van der Waals surface area contributed by atoms with Gasteiger partial charge in [0.1, 0.15) is 5.78 Å². The molecule has 2 bridgehead atoms. The predicted molar refractivity (Wildman–Crippen MR) is 74.1 cm³/mol. The van der Waals surface area contributed by atoms with Gasteiger partial charge in [-0.15, -0.1) is 0 Å². The van der Waals surface area contributed by atoms with E-state index in [0.717, 1.165) is 45.2 Å². The number of ketones is 1. The molecule has 4 heteroatoms. The summed E-state index contributed by atoms with van der Waals surface area (Å²) in [6, 6.07) is 0.417. The molecule has 0 aromatic carbocycles. The quantitative estimate of drug-likeness (QED) is 0.746. The summed E-state index contributed by atoms with van der Waals surface area (Å²) in [4.78, 5) is 15.1. The molecular formula is C16H25NO3. The van der Waals surface area contributed by atoms with Crippen molar-refractivity contribution in [3.63, 3.8) is 0 Å². The maximum absolute atomic E-state index is 12.5. The summed E-state index contributed by atoms with van der Waals surface area (Å²) in [7, 11) is 0. The van der Waals surface area contributed by atoms with Crippen molar-refractivity contribution in [1.29, 1.82) is 0 Å². The van der Waals surface area contributed by atoms with Gasteiger partial charge in [-0.2, -0.15) is 0 Å². The first-order valence-corrected chi connectivity index (χ1v) is 8.24. The average Bonchev–Trinajstić information content (AvgIpc) is 2.68. The van der Waals surface area contributed by atoms with Crippen LogP contribution in [0.1, 0.15) is 38.5 Å². The van der Waals surface area contributed by atoms with Gasteiger partial charge in [-0.25, -0.2) is 0 Å². The highest BCUT2D eigenvalue weighted by Crippen LogP contribution is 2.62. The highest BCUT2D eigenvalue weighted by Gasteiger charge is 2.65. The summed E-state index contributed by atoms with van der Waals surface area (Å²) >= 11 is 0. The van der Waals surface area contributed by atoms with Crippen LogP contribution >= 0.6 is 0 Å². The third-order valence-electron chi connectivity index (χ3n) is 6.86. The zero-order valence-corrected chi connectivity index (χ0v) is 12.0. The zero-order chi connectivity index (χ0) is 13.9. The van der Waals surface area contributed by atoms with Gasteiger partial charge in [-0.05, 0) is 51.1 Å². The highest BCUT2D eigenvalue weighted by molar-refractivity contribution is 5.85. The van der Waals surface area contributed by atoms with E-state index in [9.17, 15) is 15.0 Å². The molecular weight excluding hydrogens is 254 g/mol. The molecule has 2 aliphatic carbocycles. The Morgan fingerprint density at radius 1 is 1.30 bits per heavy atom. The van der Waals surface area contributed by atoms with E-state index in [1.54, 1.807) is 0 Å². The molecule has 4 aliphatic rings. The Morgan fingerprint density at radius 2 is 2.10 bits per heavy atom. The Bertz CT molecular complexity index is 426. The molecule has 0 aromatic heterocycles. The van der Waals surface area contributed by atoms with Crippen LogP contribution in [0.4, 0.5) is 0 Å². The molecule has 4 fully saturated rings. The van der Waals surface area contributed by atoms with Crippen molar-refractivity contribution in [2.24, 2.45) is 23.2 Å². The van der Waals surface area contributed by atoms with Gasteiger partial charge in [0.15, 0.2) is 0 Å². The summed E-state index contributed by atoms with van der Waals surface area (Å²) < 4.78 is 0. The maximum Gasteiger partial charge on any atom is 0.137 e. The van der Waals surface area contributed by atoms with Crippen LogP contribution in [0.3, 0.4) is 0 Å². The molecule has 2 saturated carbocycles. The van der Waals surface area contributed by atoms with E-state index in [4.69, 9.17) is 0 Å². The van der Waals surface area contributed by atoms with Crippen molar-refractivity contribution in [3.05, 3.63) is 0 Å². The van der Waals surface area contributed by atoms with Crippen molar-refractivity contribution < 1.29 is 15.0 Å². The van der Waals surface area contributed by atoms with Crippen molar-refractivity contribution >= 4 is 5.78 Å². The lowest BCUT2D eigenvalue weighted by atomic mass is 9.54. The van der Waals surface area contributed by atoms with E-state index in [1.165, 1.54) is 0 Å². The second-order valence-electron chi connectivity index (χ2n) is 7.41. The fourth-order valence-corrected chi connectivity index (χ4v) is 6.14. The van der Waals surface area contributed by atoms with E-state index in [0.29, 0.717) is 18.2 Å². The van der Waals surface area contributed by atoms with E-state index in [2.05, 4.69) is 4.90 Å². The van der Waals surface area contributed by atoms with Crippen LogP contribution in [-0.2, 0) is 4.79 Å². The molecule has 0 aromatic rings. The van der Waals surface area contributed by atoms with Crippen LogP contribution in [-0.4, -0.2) is 52.7 Å². The molecule has 112 valence electrons. The number of hydrogen-bond acceptors (Lipinski definition) is 4. The molecule has 0 radical (unpaired) electrons. The molecule has 2 N–H and O–H groups in total. The third-order valence-corrected chi connectivity index (χ3v) is 6.86. The van der Waals surface area contributed by atoms with Gasteiger partial charge in [0.05, 0.1) is 6.10 Å². The fourth-order valence-electron chi connectivity index (χ4n) is 6.14. The van der Waals surface area contributed by atoms with Gasteiger partial charge in [0, 0.05) is 36.3 Å². The number of carbonyl (C=O) groups excluding carboxylic acids is 1. The van der Waals surface area contributed by atoms with E-state index >= 15 is 0 Å². The first-order chi connectivity index (χ1) is 9.68. The van der Waals surface area contributed by atoms with Crippen LogP contribution in [0.15, 0.2) is 0 Å². The normalized spacial score (nSPS) is 54.4. The minimum Gasteiger partial charge on any atom is -0.396 e. The SMILES string of the molecule is O=C1C[C@H]2[C@@H](O)[C@H](CO)C[C@@H]3N4CCC[C@H]1[C@@]32CCC4. The van der Waals surface area contributed by atoms with Gasteiger partial charge in [0.25, 0.3) is 0 Å². The van der Waals surface area contributed by atoms with E-state index < -0.39 is 6.10 Å². The number of piperidine rings is 1. The van der Waals surface area contributed by atoms with Gasteiger partial charge in [0.2, 0.25) is 0 Å². The number of nitrogens with zero attached hydrogens (tertiary/aromatic N) is 1. The van der Waals surface area contributed by atoms with Gasteiger partial charge < -0.3 is 10.2 Å². The van der Waals surface area contributed by atoms with Crippen LogP contribution in [0, 0.1) is 23.2 Å². The summed E-state index contributed by atoms with van der Waals surface area (Å²) in [5.41, 5.74) is 0.0247. The maximum atomic E-state index is 12.5. The summed E-state index contributed by atoms with van der Waals surface area (Å²) in [6.07, 6.45) is 5.32. The molecule has 2 saturated heterocycles. The molecule has 7 atom stereocenters. The monoisotopic (exact) mass is 279 g/mol. The van der Waals surface area contributed by atoms with Crippen molar-refractivity contribution in [1.82, 2.24) is 4.90 Å². The Hall–Kier alpha value is -0.450. The lowest BCUT2D eigenvalue weighted by molar-refractivity contribution is -0.142. The molecule has 20 heavy (non-hydrogen) atoms. The third kappa shape index (κ3) is 1.50. The number of aliphatic hydroxyl groups excluding tert-OH is 2. The summed E-state index contributed by atoms with van der Waals surface area (Å²) in [5.74, 6) is 0.624. The minimum absolute atomic E-state index is 0.0247. The van der Waals surface area contributed by atoms with Crippen LogP contribution in [0.2, 0.25) is 0 Å². The molecule has 1 spiro atoms. The zero-order valence-electron chi connectivity index (χ0n) is 12.0. The number of hydrogen-bond donors (Lipinski definition) is 2. The molecule has 4 nitrogen and oxygen atoms in total. The summed E-state index contributed by atoms with van der Waals surface area (Å²) in [6.45, 7) is 2.28. The van der Waals surface area contributed by atoms with E-state index in [-0.39, 0.29) is 29.8 Å². The second kappa shape index (κ2) is 4.52. The lowest BCUT2D eigenvalue weighted by Gasteiger charge is -2.58. The van der Waals surface area contributed by atoms with Crippen molar-refractivity contribution in [2.75, 3.05) is 19.7 Å². The first-order valence-electron chi connectivity index (χ1n) is 8.24. The van der Waals surface area contributed by atoms with Crippen LogP contribution < -0.4 is 0 Å². The molecule has 2 heterocycles. The minimum atomic E-state index is -0.483. The van der Waals surface area contributed by atoms with Crippen LogP contribution in [0.25, 0.3) is 0 Å². The molecule has 0 amide bonds. The Kier molecular flexibility index (Phi) is 2.99. The standard InChI is InChI=1S/C16H25NO3/c18-9-10-7-14-16-4-2-6-17(14)5-1-3-11(16)13(19)8-12(16)15(10)20/h10-12,14-15,18,20H,1-9H2/t10-,11+,12-,14-,15-,16+/m0/s1. The Balaban J connectivity index is 1.82. The summed E-state index contributed by atoms with van der Waals surface area (Å²) in [5, 5.41) is 20.3. The number of Topliss-reactive ketones (excluding diaryl/α,β-unsaturated/α-hetero) is 1. The Morgan fingerprint density at radius 3 is 2.90 bits per heavy atom. The number of aliphatic hydroxyl groups is 2.